The smallest absolute Gasteiger partial charge is 0.343 e. The first-order valence-corrected chi connectivity index (χ1v) is 9.78. The van der Waals surface area contributed by atoms with Crippen LogP contribution in [0.2, 0.25) is 0 Å². The Morgan fingerprint density at radius 2 is 1.55 bits per heavy atom. The number of benzene rings is 3. The highest BCUT2D eigenvalue weighted by Crippen LogP contribution is 2.35. The van der Waals surface area contributed by atoms with E-state index in [2.05, 4.69) is 13.0 Å². The van der Waals surface area contributed by atoms with Crippen LogP contribution in [0.25, 0.3) is 10.8 Å². The summed E-state index contributed by atoms with van der Waals surface area (Å²) in [6.45, 7) is 2.08. The summed E-state index contributed by atoms with van der Waals surface area (Å²) in [6.07, 6.45) is 4.51. The predicted molar refractivity (Wildman–Crippen MR) is 112 cm³/mol. The molecule has 4 rings (SSSR count). The molecule has 0 bridgehead atoms. The monoisotopic (exact) mass is 386 g/mol. The molecule has 1 aliphatic rings. The third-order valence-electron chi connectivity index (χ3n) is 5.22. The van der Waals surface area contributed by atoms with Gasteiger partial charge in [-0.2, -0.15) is 0 Å². The highest BCUT2D eigenvalue weighted by molar-refractivity contribution is 5.99. The zero-order chi connectivity index (χ0) is 20.2. The maximum absolute atomic E-state index is 12.7. The number of allylic oxidation sites excluding steroid dienone is 2. The SMILES string of the molecule is CC1=CCC(C(=O)Oc2cccc3cccc(OC(=O)c4ccccc4)c23)CC1. The van der Waals surface area contributed by atoms with Crippen molar-refractivity contribution in [3.05, 3.63) is 83.9 Å². The molecule has 0 N–H and O–H groups in total. The molecule has 4 heteroatoms. The molecular weight excluding hydrogens is 364 g/mol. The third kappa shape index (κ3) is 4.21. The molecule has 146 valence electrons. The van der Waals surface area contributed by atoms with Crippen LogP contribution in [0.3, 0.4) is 0 Å². The van der Waals surface area contributed by atoms with Crippen molar-refractivity contribution < 1.29 is 19.1 Å². The lowest BCUT2D eigenvalue weighted by Crippen LogP contribution is -2.22. The summed E-state index contributed by atoms with van der Waals surface area (Å²) in [5.41, 5.74) is 1.78. The molecule has 1 unspecified atom stereocenters. The van der Waals surface area contributed by atoms with E-state index < -0.39 is 5.97 Å². The van der Waals surface area contributed by atoms with Crippen LogP contribution in [0, 0.1) is 5.92 Å². The van der Waals surface area contributed by atoms with E-state index in [0.717, 1.165) is 18.2 Å². The van der Waals surface area contributed by atoms with Gasteiger partial charge in [-0.05, 0) is 55.8 Å². The van der Waals surface area contributed by atoms with Crippen molar-refractivity contribution in [3.63, 3.8) is 0 Å². The largest absolute Gasteiger partial charge is 0.426 e. The van der Waals surface area contributed by atoms with Gasteiger partial charge in [0.15, 0.2) is 0 Å². The number of hydrogen-bond acceptors (Lipinski definition) is 4. The second kappa shape index (κ2) is 8.31. The quantitative estimate of drug-likeness (QED) is 0.327. The molecule has 0 saturated heterocycles. The molecular formula is C25H22O4. The molecule has 1 aliphatic carbocycles. The topological polar surface area (TPSA) is 52.6 Å². The Bertz CT molecular complexity index is 1080. The Morgan fingerprint density at radius 1 is 0.862 bits per heavy atom. The van der Waals surface area contributed by atoms with E-state index in [1.165, 1.54) is 5.57 Å². The molecule has 0 heterocycles. The molecule has 3 aromatic rings. The number of carbonyl (C=O) groups is 2. The van der Waals surface area contributed by atoms with Crippen molar-refractivity contribution >= 4 is 22.7 Å². The molecule has 29 heavy (non-hydrogen) atoms. The highest BCUT2D eigenvalue weighted by atomic mass is 16.5. The van der Waals surface area contributed by atoms with E-state index in [9.17, 15) is 9.59 Å². The molecule has 0 amide bonds. The molecule has 1 atom stereocenters. The van der Waals surface area contributed by atoms with E-state index in [-0.39, 0.29) is 11.9 Å². The fourth-order valence-electron chi connectivity index (χ4n) is 3.55. The van der Waals surface area contributed by atoms with Crippen LogP contribution >= 0.6 is 0 Å². The van der Waals surface area contributed by atoms with E-state index >= 15 is 0 Å². The molecule has 0 fully saturated rings. The number of carbonyl (C=O) groups excluding carboxylic acids is 2. The number of hydrogen-bond donors (Lipinski definition) is 0. The molecule has 4 nitrogen and oxygen atoms in total. The fourth-order valence-corrected chi connectivity index (χ4v) is 3.55. The van der Waals surface area contributed by atoms with Crippen molar-refractivity contribution in [2.45, 2.75) is 26.2 Å². The van der Waals surface area contributed by atoms with Crippen LogP contribution in [0.4, 0.5) is 0 Å². The van der Waals surface area contributed by atoms with Crippen LogP contribution in [0.1, 0.15) is 36.5 Å². The van der Waals surface area contributed by atoms with Crippen LogP contribution in [-0.4, -0.2) is 11.9 Å². The van der Waals surface area contributed by atoms with Crippen LogP contribution in [-0.2, 0) is 4.79 Å². The summed E-state index contributed by atoms with van der Waals surface area (Å²) < 4.78 is 11.4. The third-order valence-corrected chi connectivity index (χ3v) is 5.22. The Morgan fingerprint density at radius 3 is 2.21 bits per heavy atom. The number of rotatable bonds is 4. The maximum Gasteiger partial charge on any atom is 0.343 e. The van der Waals surface area contributed by atoms with E-state index in [0.29, 0.717) is 28.9 Å². The van der Waals surface area contributed by atoms with Crippen molar-refractivity contribution in [2.24, 2.45) is 5.92 Å². The van der Waals surface area contributed by atoms with Gasteiger partial charge < -0.3 is 9.47 Å². The minimum Gasteiger partial charge on any atom is -0.426 e. The first-order chi connectivity index (χ1) is 14.1. The summed E-state index contributed by atoms with van der Waals surface area (Å²) in [7, 11) is 0. The van der Waals surface area contributed by atoms with Gasteiger partial charge in [-0.1, -0.05) is 54.1 Å². The van der Waals surface area contributed by atoms with Gasteiger partial charge in [0.05, 0.1) is 16.9 Å². The van der Waals surface area contributed by atoms with Crippen LogP contribution in [0.15, 0.2) is 78.4 Å². The minimum absolute atomic E-state index is 0.145. The van der Waals surface area contributed by atoms with Crippen molar-refractivity contribution in [3.8, 4) is 11.5 Å². The lowest BCUT2D eigenvalue weighted by atomic mass is 9.90. The van der Waals surface area contributed by atoms with Gasteiger partial charge >= 0.3 is 11.9 Å². The Labute approximate surface area is 169 Å². The molecule has 0 aromatic heterocycles. The normalized spacial score (nSPS) is 16.2. The number of ether oxygens (including phenoxy) is 2. The van der Waals surface area contributed by atoms with Gasteiger partial charge in [0, 0.05) is 0 Å². The number of esters is 2. The van der Waals surface area contributed by atoms with Gasteiger partial charge in [0.2, 0.25) is 0 Å². The Hall–Kier alpha value is -3.40. The van der Waals surface area contributed by atoms with Gasteiger partial charge in [-0.25, -0.2) is 4.79 Å². The molecule has 0 radical (unpaired) electrons. The molecule has 0 saturated carbocycles. The first kappa shape index (κ1) is 18.9. The van der Waals surface area contributed by atoms with Crippen molar-refractivity contribution in [2.75, 3.05) is 0 Å². The maximum atomic E-state index is 12.7. The zero-order valence-corrected chi connectivity index (χ0v) is 16.3. The Kier molecular flexibility index (Phi) is 5.43. The molecule has 3 aromatic carbocycles. The minimum atomic E-state index is -0.452. The van der Waals surface area contributed by atoms with Crippen molar-refractivity contribution in [1.82, 2.24) is 0 Å². The zero-order valence-electron chi connectivity index (χ0n) is 16.3. The molecule has 0 spiro atoms. The van der Waals surface area contributed by atoms with E-state index in [4.69, 9.17) is 9.47 Å². The first-order valence-electron chi connectivity index (χ1n) is 9.78. The summed E-state index contributed by atoms with van der Waals surface area (Å²) in [5, 5.41) is 1.46. The summed E-state index contributed by atoms with van der Waals surface area (Å²) in [5.74, 6) is -0.0556. The second-order valence-electron chi connectivity index (χ2n) is 7.31. The lowest BCUT2D eigenvalue weighted by Gasteiger charge is -2.19. The highest BCUT2D eigenvalue weighted by Gasteiger charge is 2.24. The standard InChI is InChI=1S/C25H22O4/c1-17-13-15-20(16-14-17)25(27)29-22-12-6-10-18-9-5-11-21(23(18)22)28-24(26)19-7-3-2-4-8-19/h2-13,20H,14-16H2,1H3. The predicted octanol–water partition coefficient (Wildman–Crippen LogP) is 5.71. The van der Waals surface area contributed by atoms with Gasteiger partial charge in [-0.3, -0.25) is 4.79 Å². The van der Waals surface area contributed by atoms with Crippen molar-refractivity contribution in [1.29, 1.82) is 0 Å². The number of fused-ring (bicyclic) bond motifs is 1. The van der Waals surface area contributed by atoms with E-state index in [1.807, 2.05) is 30.3 Å². The average molecular weight is 386 g/mol. The van der Waals surface area contributed by atoms with Gasteiger partial charge in [0.25, 0.3) is 0 Å². The van der Waals surface area contributed by atoms with Crippen LogP contribution in [0.5, 0.6) is 11.5 Å². The van der Waals surface area contributed by atoms with Gasteiger partial charge in [-0.15, -0.1) is 0 Å². The van der Waals surface area contributed by atoms with Gasteiger partial charge in [0.1, 0.15) is 11.5 Å². The molecule has 0 aliphatic heterocycles. The summed E-state index contributed by atoms with van der Waals surface area (Å²) >= 11 is 0. The van der Waals surface area contributed by atoms with Crippen LogP contribution < -0.4 is 9.47 Å². The second-order valence-corrected chi connectivity index (χ2v) is 7.31. The lowest BCUT2D eigenvalue weighted by molar-refractivity contribution is -0.139. The average Bonchev–Trinajstić information content (AvgIpc) is 2.75. The summed E-state index contributed by atoms with van der Waals surface area (Å²) in [6, 6.07) is 19.7. The van der Waals surface area contributed by atoms with E-state index in [1.54, 1.807) is 36.4 Å². The Balaban J connectivity index is 1.63. The fraction of sp³-hybridized carbons (Fsp3) is 0.200. The summed E-state index contributed by atoms with van der Waals surface area (Å²) in [4.78, 5) is 25.2.